The van der Waals surface area contributed by atoms with Gasteiger partial charge in [0.05, 0.1) is 12.5 Å². The lowest BCUT2D eigenvalue weighted by molar-refractivity contribution is -0.145. The largest absolute Gasteiger partial charge is 0.516 e. The highest BCUT2D eigenvalue weighted by Crippen LogP contribution is 2.22. The van der Waals surface area contributed by atoms with Crippen LogP contribution in [0.5, 0.6) is 0 Å². The summed E-state index contributed by atoms with van der Waals surface area (Å²) in [5, 5.41) is 0. The maximum atomic E-state index is 13.0. The topological polar surface area (TPSA) is 78.6 Å². The van der Waals surface area contributed by atoms with Gasteiger partial charge in [0.1, 0.15) is 0 Å². The molecule has 0 aliphatic heterocycles. The molecule has 0 radical (unpaired) electrons. The second-order valence-corrected chi connectivity index (χ2v) is 16.0. The van der Waals surface area contributed by atoms with Crippen molar-refractivity contribution >= 4 is 12.1 Å². The Labute approximate surface area is 319 Å². The summed E-state index contributed by atoms with van der Waals surface area (Å²) >= 11 is 0. The van der Waals surface area contributed by atoms with E-state index in [1.54, 1.807) is 0 Å². The molecule has 0 saturated heterocycles. The maximum absolute atomic E-state index is 13.0. The molecule has 0 bridgehead atoms. The van der Waals surface area contributed by atoms with Gasteiger partial charge in [-0.05, 0) is 32.2 Å². The summed E-state index contributed by atoms with van der Waals surface area (Å²) in [6, 6.07) is 0. The fourth-order valence-corrected chi connectivity index (χ4v) is 7.38. The molecule has 0 spiro atoms. The lowest BCUT2D eigenvalue weighted by Crippen LogP contribution is -2.22. The fraction of sp³-hybridized carbons (Fsp3) is 0.957. The summed E-state index contributed by atoms with van der Waals surface area (Å²) in [6.07, 6.45) is 48.6. The van der Waals surface area contributed by atoms with Crippen molar-refractivity contribution in [3.05, 3.63) is 0 Å². The molecule has 304 valence electrons. The second kappa shape index (κ2) is 43.3. The van der Waals surface area contributed by atoms with Gasteiger partial charge >= 0.3 is 12.1 Å². The first kappa shape index (κ1) is 49.9. The molecule has 0 aliphatic rings. The molecule has 0 rings (SSSR count). The Morgan fingerprint density at radius 3 is 0.980 bits per heavy atom. The van der Waals surface area contributed by atoms with E-state index in [-0.39, 0.29) is 11.9 Å². The Hall–Kier alpha value is -1.10. The number of hydrogen-bond donors (Lipinski definition) is 1. The third-order valence-electron chi connectivity index (χ3n) is 10.9. The average Bonchev–Trinajstić information content (AvgIpc) is 3.13. The van der Waals surface area contributed by atoms with Crippen LogP contribution in [0.25, 0.3) is 0 Å². The van der Waals surface area contributed by atoms with Gasteiger partial charge in [0.15, 0.2) is 0 Å². The molecule has 0 amide bonds. The lowest BCUT2D eigenvalue weighted by atomic mass is 9.94. The van der Waals surface area contributed by atoms with Crippen LogP contribution in [-0.4, -0.2) is 25.3 Å². The molecule has 2 N–H and O–H groups in total. The van der Waals surface area contributed by atoms with Gasteiger partial charge in [-0.3, -0.25) is 4.79 Å². The number of ether oxygens (including phenoxy) is 2. The van der Waals surface area contributed by atoms with E-state index in [4.69, 9.17) is 15.2 Å². The van der Waals surface area contributed by atoms with E-state index in [0.717, 1.165) is 64.3 Å². The minimum absolute atomic E-state index is 0.192. The molecular weight excluding hydrogens is 631 g/mol. The van der Waals surface area contributed by atoms with Crippen molar-refractivity contribution in [3.63, 3.8) is 0 Å². The molecule has 0 aromatic heterocycles. The zero-order valence-electron chi connectivity index (χ0n) is 34.8. The third-order valence-corrected chi connectivity index (χ3v) is 10.9. The first-order chi connectivity index (χ1) is 25.2. The van der Waals surface area contributed by atoms with Crippen LogP contribution in [0.15, 0.2) is 0 Å². The lowest BCUT2D eigenvalue weighted by Gasteiger charge is -2.15. The molecule has 1 unspecified atom stereocenters. The monoisotopic (exact) mass is 722 g/mol. The predicted molar refractivity (Wildman–Crippen MR) is 221 cm³/mol. The summed E-state index contributed by atoms with van der Waals surface area (Å²) in [5.74, 6) is -0.563. The Morgan fingerprint density at radius 1 is 0.392 bits per heavy atom. The Kier molecular flexibility index (Phi) is 42.4. The van der Waals surface area contributed by atoms with E-state index < -0.39 is 6.16 Å². The fourth-order valence-electron chi connectivity index (χ4n) is 7.38. The molecule has 51 heavy (non-hydrogen) atoms. The van der Waals surface area contributed by atoms with Crippen molar-refractivity contribution in [2.24, 2.45) is 11.7 Å². The zero-order valence-corrected chi connectivity index (χ0v) is 34.8. The Morgan fingerprint density at radius 2 is 0.667 bits per heavy atom. The van der Waals surface area contributed by atoms with Gasteiger partial charge in [-0.1, -0.05) is 239 Å². The molecule has 1 atom stereocenters. The number of carbonyl (C=O) groups is 2. The number of unbranched alkanes of at least 4 members (excludes halogenated alkanes) is 34. The quantitative estimate of drug-likeness (QED) is 0.0386. The summed E-state index contributed by atoms with van der Waals surface area (Å²) < 4.78 is 10.5. The highest BCUT2D eigenvalue weighted by molar-refractivity contribution is 5.83. The van der Waals surface area contributed by atoms with Gasteiger partial charge in [0, 0.05) is 0 Å². The summed E-state index contributed by atoms with van der Waals surface area (Å²) in [4.78, 5) is 25.4. The van der Waals surface area contributed by atoms with E-state index in [0.29, 0.717) is 6.61 Å². The van der Waals surface area contributed by atoms with Crippen LogP contribution >= 0.6 is 0 Å². The van der Waals surface area contributed by atoms with Crippen LogP contribution < -0.4 is 5.73 Å². The van der Waals surface area contributed by atoms with Crippen LogP contribution in [0.1, 0.15) is 264 Å². The number of carbonyl (C=O) groups excluding carboxylic acids is 2. The summed E-state index contributed by atoms with van der Waals surface area (Å²) in [6.45, 7) is 5.69. The van der Waals surface area contributed by atoms with Crippen LogP contribution in [0.3, 0.4) is 0 Å². The van der Waals surface area contributed by atoms with E-state index in [1.807, 2.05) is 0 Å². The summed E-state index contributed by atoms with van der Waals surface area (Å²) in [5.41, 5.74) is 5.61. The number of rotatable bonds is 42. The first-order valence-electron chi connectivity index (χ1n) is 23.2. The van der Waals surface area contributed by atoms with Gasteiger partial charge in [-0.15, -0.1) is 0 Å². The zero-order chi connectivity index (χ0) is 37.1. The number of nitrogens with two attached hydrogens (primary N) is 1. The molecule has 0 aliphatic carbocycles. The third kappa shape index (κ3) is 39.9. The van der Waals surface area contributed by atoms with Crippen molar-refractivity contribution in [3.8, 4) is 0 Å². The van der Waals surface area contributed by atoms with Gasteiger partial charge < -0.3 is 15.2 Å². The van der Waals surface area contributed by atoms with Gasteiger partial charge in [0.2, 0.25) is 0 Å². The molecule has 5 nitrogen and oxygen atoms in total. The second-order valence-electron chi connectivity index (χ2n) is 16.0. The summed E-state index contributed by atoms with van der Waals surface area (Å²) in [7, 11) is 0. The van der Waals surface area contributed by atoms with Crippen LogP contribution in [0.2, 0.25) is 0 Å². The van der Waals surface area contributed by atoms with Crippen molar-refractivity contribution in [1.29, 1.82) is 0 Å². The van der Waals surface area contributed by atoms with Crippen LogP contribution in [0.4, 0.5) is 4.79 Å². The minimum Gasteiger partial charge on any atom is -0.434 e. The van der Waals surface area contributed by atoms with Crippen molar-refractivity contribution in [2.45, 2.75) is 264 Å². The Balaban J connectivity index is 4.06. The highest BCUT2D eigenvalue weighted by Gasteiger charge is 2.23. The average molecular weight is 722 g/mol. The molecule has 0 aromatic carbocycles. The molecule has 0 aromatic rings. The van der Waals surface area contributed by atoms with Crippen molar-refractivity contribution in [1.82, 2.24) is 0 Å². The first-order valence-corrected chi connectivity index (χ1v) is 23.2. The van der Waals surface area contributed by atoms with E-state index in [2.05, 4.69) is 13.8 Å². The van der Waals surface area contributed by atoms with Gasteiger partial charge in [-0.2, -0.15) is 0 Å². The maximum Gasteiger partial charge on any atom is 0.516 e. The SMILES string of the molecule is CCCCCCCCCCCCCCCCCCC(CCCCCCCCCN)C(=O)OC(=O)OCCCCCCCCCCCCCCCC. The number of hydrogen-bond acceptors (Lipinski definition) is 5. The predicted octanol–water partition coefficient (Wildman–Crippen LogP) is 15.5. The molecule has 5 heteroatoms. The highest BCUT2D eigenvalue weighted by atomic mass is 16.7. The smallest absolute Gasteiger partial charge is 0.434 e. The van der Waals surface area contributed by atoms with Gasteiger partial charge in [0.25, 0.3) is 0 Å². The van der Waals surface area contributed by atoms with Crippen LogP contribution in [-0.2, 0) is 14.3 Å². The van der Waals surface area contributed by atoms with Crippen molar-refractivity contribution in [2.75, 3.05) is 13.2 Å². The van der Waals surface area contributed by atoms with E-state index in [1.165, 1.54) is 193 Å². The van der Waals surface area contributed by atoms with E-state index in [9.17, 15) is 9.59 Å². The molecule has 0 fully saturated rings. The normalized spacial score (nSPS) is 12.0. The molecule has 0 heterocycles. The molecule has 0 saturated carbocycles. The Bertz CT molecular complexity index is 699. The van der Waals surface area contributed by atoms with Crippen LogP contribution in [0, 0.1) is 5.92 Å². The number of esters is 1. The van der Waals surface area contributed by atoms with Gasteiger partial charge in [-0.25, -0.2) is 4.79 Å². The van der Waals surface area contributed by atoms with Crippen molar-refractivity contribution < 1.29 is 19.1 Å². The molecular formula is C46H91NO4. The minimum atomic E-state index is -0.799. The van der Waals surface area contributed by atoms with E-state index >= 15 is 0 Å². The standard InChI is InChI=1S/C46H91NO4/c1-3-5-7-9-11-13-15-17-19-20-21-23-25-28-32-36-40-44(41-37-33-29-27-30-34-38-42-47)45(48)51-46(49)50-43-39-35-31-26-24-22-18-16-14-12-10-8-6-4-2/h44H,3-43,47H2,1-2H3.